The van der Waals surface area contributed by atoms with Crippen LogP contribution in [0.4, 0.5) is 5.82 Å². The third-order valence-electron chi connectivity index (χ3n) is 3.60. The Morgan fingerprint density at radius 2 is 2.18 bits per heavy atom. The number of aliphatic hydroxyl groups excluding tert-OH is 2. The quantitative estimate of drug-likeness (QED) is 0.257. The summed E-state index contributed by atoms with van der Waals surface area (Å²) >= 11 is 1.26. The number of hydrogen-bond donors (Lipinski definition) is 3. The molecule has 1 heterocycles. The maximum atomic E-state index is 12.3. The summed E-state index contributed by atoms with van der Waals surface area (Å²) in [5.41, 5.74) is 0.847. The molecule has 3 N–H and O–H groups in total. The highest BCUT2D eigenvalue weighted by atomic mass is 32.2. The Balaban J connectivity index is 3.13. The minimum absolute atomic E-state index is 0.0372. The minimum Gasteiger partial charge on any atom is -0.472 e. The van der Waals surface area contributed by atoms with Crippen LogP contribution in [0.25, 0.3) is 0 Å². The van der Waals surface area contributed by atoms with Crippen LogP contribution >= 0.6 is 11.8 Å². The van der Waals surface area contributed by atoms with Crippen molar-refractivity contribution in [3.63, 3.8) is 0 Å². The van der Waals surface area contributed by atoms with Crippen molar-refractivity contribution in [2.24, 2.45) is 0 Å². The molecule has 0 radical (unpaired) electrons. The van der Waals surface area contributed by atoms with Crippen molar-refractivity contribution < 1.29 is 23.4 Å². The number of anilines is 1. The Hall–Kier alpha value is -1.66. The van der Waals surface area contributed by atoms with E-state index < -0.39 is 29.0 Å². The fraction of sp³-hybridized carbons (Fsp3) is 0.529. The monoisotopic (exact) mass is 432 g/mol. The lowest BCUT2D eigenvalue weighted by atomic mass is 10.2. The summed E-state index contributed by atoms with van der Waals surface area (Å²) in [5.74, 6) is 0.616. The maximum Gasteiger partial charge on any atom is 0.302 e. The molecule has 1 unspecified atom stereocenters. The molecule has 11 heteroatoms. The first-order chi connectivity index (χ1) is 13.1. The Bertz CT molecular complexity index is 786. The van der Waals surface area contributed by atoms with Crippen molar-refractivity contribution in [3.05, 3.63) is 30.4 Å². The summed E-state index contributed by atoms with van der Waals surface area (Å²) in [6.07, 6.45) is 1.86. The summed E-state index contributed by atoms with van der Waals surface area (Å²) in [6, 6.07) is 1.33. The van der Waals surface area contributed by atoms with Crippen molar-refractivity contribution in [3.8, 4) is 5.88 Å². The Morgan fingerprint density at radius 1 is 1.50 bits per heavy atom. The Kier molecular flexibility index (Phi) is 9.90. The highest BCUT2D eigenvalue weighted by molar-refractivity contribution is 7.99. The second kappa shape index (κ2) is 11.4. The molecule has 0 aliphatic rings. The molecule has 1 rings (SSSR count). The fourth-order valence-electron chi connectivity index (χ4n) is 1.82. The van der Waals surface area contributed by atoms with Crippen molar-refractivity contribution >= 4 is 27.8 Å². The second-order valence-electron chi connectivity index (χ2n) is 5.92. The van der Waals surface area contributed by atoms with E-state index in [4.69, 9.17) is 9.84 Å². The van der Waals surface area contributed by atoms with Gasteiger partial charge in [-0.25, -0.2) is 4.98 Å². The number of ether oxygens (including phenoxy) is 1. The number of nitrogens with zero attached hydrogens (tertiary/aromatic N) is 3. The van der Waals surface area contributed by atoms with Crippen molar-refractivity contribution in [1.29, 1.82) is 0 Å². The number of rotatable bonds is 12. The molecule has 0 spiro atoms. The largest absolute Gasteiger partial charge is 0.472 e. The van der Waals surface area contributed by atoms with Crippen LogP contribution in [0.15, 0.2) is 35.5 Å². The molecular formula is C17H28N4O5S2. The lowest BCUT2D eigenvalue weighted by Crippen LogP contribution is -2.33. The van der Waals surface area contributed by atoms with Gasteiger partial charge in [0.2, 0.25) is 5.88 Å². The predicted molar refractivity (Wildman–Crippen MR) is 111 cm³/mol. The fourth-order valence-corrected chi connectivity index (χ4v) is 3.41. The minimum atomic E-state index is -3.78. The highest BCUT2D eigenvalue weighted by Crippen LogP contribution is 2.24. The van der Waals surface area contributed by atoms with Crippen molar-refractivity contribution in [2.45, 2.75) is 38.1 Å². The van der Waals surface area contributed by atoms with Crippen LogP contribution < -0.4 is 9.46 Å². The van der Waals surface area contributed by atoms with Gasteiger partial charge in [-0.15, -0.1) is 0 Å². The third-order valence-corrected chi connectivity index (χ3v) is 6.10. The van der Waals surface area contributed by atoms with Crippen molar-refractivity contribution in [1.82, 2.24) is 14.3 Å². The molecule has 0 aliphatic carbocycles. The van der Waals surface area contributed by atoms with Crippen LogP contribution in [0.3, 0.4) is 0 Å². The normalized spacial score (nSPS) is 14.2. The molecule has 9 nitrogen and oxygen atoms in total. The predicted octanol–water partition coefficient (Wildman–Crippen LogP) is 1.43. The summed E-state index contributed by atoms with van der Waals surface area (Å²) in [7, 11) is -2.33. The van der Waals surface area contributed by atoms with Crippen LogP contribution in [-0.4, -0.2) is 71.1 Å². The van der Waals surface area contributed by atoms with E-state index in [0.29, 0.717) is 5.75 Å². The van der Waals surface area contributed by atoms with Crippen LogP contribution in [0, 0.1) is 0 Å². The molecule has 0 aliphatic heterocycles. The molecule has 0 saturated heterocycles. The molecule has 28 heavy (non-hydrogen) atoms. The van der Waals surface area contributed by atoms with Gasteiger partial charge < -0.3 is 14.9 Å². The lowest BCUT2D eigenvalue weighted by molar-refractivity contribution is 0.00600. The molecule has 2 atom stereocenters. The molecule has 0 saturated carbocycles. The first kappa shape index (κ1) is 24.4. The first-order valence-corrected chi connectivity index (χ1v) is 11.1. The number of aliphatic hydroxyl groups is 2. The Morgan fingerprint density at radius 3 is 2.75 bits per heavy atom. The van der Waals surface area contributed by atoms with Gasteiger partial charge in [-0.3, -0.25) is 4.72 Å². The molecule has 0 aromatic carbocycles. The zero-order valence-electron chi connectivity index (χ0n) is 16.5. The average Bonchev–Trinajstić information content (AvgIpc) is 2.64. The van der Waals surface area contributed by atoms with E-state index in [1.54, 1.807) is 13.8 Å². The molecule has 158 valence electrons. The number of thioether (sulfide) groups is 1. The van der Waals surface area contributed by atoms with E-state index in [1.165, 1.54) is 24.9 Å². The van der Waals surface area contributed by atoms with Crippen molar-refractivity contribution in [2.75, 3.05) is 30.7 Å². The van der Waals surface area contributed by atoms with E-state index in [0.717, 1.165) is 9.88 Å². The summed E-state index contributed by atoms with van der Waals surface area (Å²) < 4.78 is 33.6. The average molecular weight is 433 g/mol. The number of hydrogen-bond acceptors (Lipinski definition) is 8. The number of aromatic nitrogens is 2. The lowest BCUT2D eigenvalue weighted by Gasteiger charge is -2.19. The molecule has 0 amide bonds. The van der Waals surface area contributed by atoms with Gasteiger partial charge in [0.15, 0.2) is 5.16 Å². The first-order valence-electron chi connectivity index (χ1n) is 8.64. The van der Waals surface area contributed by atoms with Gasteiger partial charge in [0.05, 0.1) is 6.61 Å². The number of allylic oxidation sites excluding steroid dienone is 2. The van der Waals surface area contributed by atoms with Crippen LogP contribution in [-0.2, 0) is 10.2 Å². The van der Waals surface area contributed by atoms with Gasteiger partial charge in [-0.05, 0) is 19.4 Å². The zero-order chi connectivity index (χ0) is 21.3. The standard InChI is InChI=1S/C17H28N4O5S2/c1-6-8-12(3)11-27-17-18-15(20-28(24,25)21(5)7-2)9-16(19-17)26-13(4)14(23)10-22/h6,8-9,13-14,22-23H,3,7,10-11H2,1-2,4-5H3,(H,18,19,20)/b8-6-/t13-,14?/m1/s1. The van der Waals surface area contributed by atoms with Gasteiger partial charge in [0, 0.05) is 25.4 Å². The zero-order valence-corrected chi connectivity index (χ0v) is 18.1. The van der Waals surface area contributed by atoms with E-state index in [9.17, 15) is 13.5 Å². The molecule has 1 aromatic rings. The molecule has 0 bridgehead atoms. The van der Waals surface area contributed by atoms with Gasteiger partial charge in [-0.1, -0.05) is 37.4 Å². The second-order valence-corrected chi connectivity index (χ2v) is 8.64. The topological polar surface area (TPSA) is 125 Å². The third kappa shape index (κ3) is 7.76. The number of nitrogens with one attached hydrogen (secondary N) is 1. The smallest absolute Gasteiger partial charge is 0.302 e. The van der Waals surface area contributed by atoms with E-state index in [-0.39, 0.29) is 23.4 Å². The molecule has 1 aromatic heterocycles. The summed E-state index contributed by atoms with van der Waals surface area (Å²) in [4.78, 5) is 8.46. The van der Waals surface area contributed by atoms with Crippen LogP contribution in [0.1, 0.15) is 20.8 Å². The SMILES string of the molecule is C=C(/C=C\C)CSc1nc(NS(=O)(=O)N(C)CC)cc(O[C@H](C)C(O)CO)n1. The summed E-state index contributed by atoms with van der Waals surface area (Å²) in [5, 5.41) is 19.0. The van der Waals surface area contributed by atoms with E-state index in [1.807, 2.05) is 19.1 Å². The van der Waals surface area contributed by atoms with Gasteiger partial charge >= 0.3 is 10.2 Å². The Labute approximate surface area is 170 Å². The van der Waals surface area contributed by atoms with Gasteiger partial charge in [0.1, 0.15) is 18.0 Å². The summed E-state index contributed by atoms with van der Waals surface area (Å²) in [6.45, 7) is 8.88. The van der Waals surface area contributed by atoms with E-state index in [2.05, 4.69) is 21.3 Å². The molecule has 0 fully saturated rings. The van der Waals surface area contributed by atoms with Crippen LogP contribution in [0.5, 0.6) is 5.88 Å². The van der Waals surface area contributed by atoms with Crippen LogP contribution in [0.2, 0.25) is 0 Å². The maximum absolute atomic E-state index is 12.3. The van der Waals surface area contributed by atoms with E-state index >= 15 is 0 Å². The highest BCUT2D eigenvalue weighted by Gasteiger charge is 2.20. The molecular weight excluding hydrogens is 404 g/mol. The van der Waals surface area contributed by atoms with Gasteiger partial charge in [-0.2, -0.15) is 17.7 Å². The van der Waals surface area contributed by atoms with Gasteiger partial charge in [0.25, 0.3) is 0 Å².